The van der Waals surface area contributed by atoms with E-state index in [-0.39, 0.29) is 23.7 Å². The minimum absolute atomic E-state index is 0.0834. The topological polar surface area (TPSA) is 65.5 Å². The lowest BCUT2D eigenvalue weighted by Crippen LogP contribution is -2.37. The molecule has 0 radical (unpaired) electrons. The van der Waals surface area contributed by atoms with Gasteiger partial charge < -0.3 is 15.3 Å². The molecule has 1 rings (SSSR count). The Kier molecular flexibility index (Phi) is 4.72. The second-order valence-corrected chi connectivity index (χ2v) is 4.15. The van der Waals surface area contributed by atoms with Crippen LogP contribution in [0, 0.1) is 0 Å². The number of likely N-dealkylation sites (N-methyl/N-ethyl adjacent to an activating group) is 1. The van der Waals surface area contributed by atoms with Crippen LogP contribution in [0.25, 0.3) is 0 Å². The summed E-state index contributed by atoms with van der Waals surface area (Å²) in [6, 6.07) is 2.88. The molecule has 1 atom stereocenters. The molecule has 0 saturated heterocycles. The van der Waals surface area contributed by atoms with E-state index in [4.69, 9.17) is 16.7 Å². The quantitative estimate of drug-likeness (QED) is 0.797. The first kappa shape index (κ1) is 13.7. The van der Waals surface area contributed by atoms with Crippen molar-refractivity contribution in [1.82, 2.24) is 9.88 Å². The Hall–Kier alpha value is -1.33. The zero-order valence-corrected chi connectivity index (χ0v) is 10.8. The van der Waals surface area contributed by atoms with Gasteiger partial charge in [-0.3, -0.25) is 4.79 Å². The van der Waals surface area contributed by atoms with Gasteiger partial charge in [0.05, 0.1) is 12.6 Å². The predicted molar refractivity (Wildman–Crippen MR) is 67.4 cm³/mol. The highest BCUT2D eigenvalue weighted by Gasteiger charge is 2.18. The van der Waals surface area contributed by atoms with E-state index < -0.39 is 0 Å². The molecular formula is C11H16ClN3O2. The highest BCUT2D eigenvalue weighted by molar-refractivity contribution is 6.29. The van der Waals surface area contributed by atoms with Crippen molar-refractivity contribution in [2.45, 2.75) is 13.0 Å². The molecule has 0 aliphatic heterocycles. The summed E-state index contributed by atoms with van der Waals surface area (Å²) in [6.45, 7) is 1.68. The van der Waals surface area contributed by atoms with E-state index in [1.807, 2.05) is 0 Å². The molecule has 5 nitrogen and oxygen atoms in total. The van der Waals surface area contributed by atoms with E-state index in [9.17, 15) is 4.79 Å². The molecule has 0 fully saturated rings. The van der Waals surface area contributed by atoms with Crippen LogP contribution in [0.3, 0.4) is 0 Å². The van der Waals surface area contributed by atoms with Crippen molar-refractivity contribution in [1.29, 1.82) is 0 Å². The highest BCUT2D eigenvalue weighted by atomic mass is 35.5. The summed E-state index contributed by atoms with van der Waals surface area (Å²) in [7, 11) is 3.34. The molecule has 17 heavy (non-hydrogen) atoms. The van der Waals surface area contributed by atoms with E-state index in [0.29, 0.717) is 11.4 Å². The zero-order valence-electron chi connectivity index (χ0n) is 10.1. The van der Waals surface area contributed by atoms with Crippen LogP contribution in [0.1, 0.15) is 17.3 Å². The lowest BCUT2D eigenvalue weighted by atomic mass is 10.2. The summed E-state index contributed by atoms with van der Waals surface area (Å²) in [6.07, 6.45) is 0. The van der Waals surface area contributed by atoms with Gasteiger partial charge in [-0.25, -0.2) is 4.98 Å². The van der Waals surface area contributed by atoms with E-state index in [1.54, 1.807) is 27.1 Å². The lowest BCUT2D eigenvalue weighted by molar-refractivity contribution is 0.0682. The van der Waals surface area contributed by atoms with Gasteiger partial charge in [0.25, 0.3) is 5.91 Å². The Bertz CT molecular complexity index is 412. The molecule has 1 unspecified atom stereocenters. The normalized spacial score (nSPS) is 12.1. The summed E-state index contributed by atoms with van der Waals surface area (Å²) in [5.74, 6) is 0.332. The first-order valence-corrected chi connectivity index (χ1v) is 5.60. The number of anilines is 1. The van der Waals surface area contributed by atoms with E-state index in [1.165, 1.54) is 11.0 Å². The van der Waals surface area contributed by atoms with Gasteiger partial charge in [0.1, 0.15) is 11.0 Å². The second kappa shape index (κ2) is 5.84. The first-order chi connectivity index (χ1) is 7.99. The van der Waals surface area contributed by atoms with Gasteiger partial charge in [-0.15, -0.1) is 0 Å². The first-order valence-electron chi connectivity index (χ1n) is 5.23. The van der Waals surface area contributed by atoms with Crippen molar-refractivity contribution >= 4 is 23.3 Å². The summed E-state index contributed by atoms with van der Waals surface area (Å²) in [4.78, 5) is 17.5. The number of pyridine rings is 1. The number of aromatic nitrogens is 1. The standard InChI is InChI=1S/C11H16ClN3O2/c1-7(6-16)15(3)11(17)8-4-9(12)14-10(5-8)13-2/h4-5,7,16H,6H2,1-3H3,(H,13,14). The third kappa shape index (κ3) is 3.31. The van der Waals surface area contributed by atoms with Crippen LogP contribution < -0.4 is 5.32 Å². The van der Waals surface area contributed by atoms with Crippen molar-refractivity contribution in [2.24, 2.45) is 0 Å². The number of hydrogen-bond acceptors (Lipinski definition) is 4. The van der Waals surface area contributed by atoms with Crippen molar-refractivity contribution in [3.8, 4) is 0 Å². The monoisotopic (exact) mass is 257 g/mol. The highest BCUT2D eigenvalue weighted by Crippen LogP contribution is 2.16. The molecule has 1 amide bonds. The largest absolute Gasteiger partial charge is 0.394 e. The molecule has 0 aliphatic rings. The molecule has 0 spiro atoms. The maximum absolute atomic E-state index is 12.1. The maximum atomic E-state index is 12.1. The molecule has 2 N–H and O–H groups in total. The fourth-order valence-electron chi connectivity index (χ4n) is 1.27. The van der Waals surface area contributed by atoms with Crippen LogP contribution in [-0.4, -0.2) is 47.6 Å². The average molecular weight is 258 g/mol. The number of nitrogens with one attached hydrogen (secondary N) is 1. The van der Waals surface area contributed by atoms with Gasteiger partial charge >= 0.3 is 0 Å². The molecule has 6 heteroatoms. The van der Waals surface area contributed by atoms with Crippen LogP contribution in [-0.2, 0) is 0 Å². The van der Waals surface area contributed by atoms with Gasteiger partial charge in [0.2, 0.25) is 0 Å². The number of carbonyl (C=O) groups is 1. The van der Waals surface area contributed by atoms with E-state index in [2.05, 4.69) is 10.3 Å². The van der Waals surface area contributed by atoms with Crippen LogP contribution in [0.15, 0.2) is 12.1 Å². The Labute approximate surface area is 105 Å². The Morgan fingerprint density at radius 1 is 1.65 bits per heavy atom. The number of hydrogen-bond donors (Lipinski definition) is 2. The van der Waals surface area contributed by atoms with Gasteiger partial charge in [0.15, 0.2) is 0 Å². The van der Waals surface area contributed by atoms with Crippen molar-refractivity contribution < 1.29 is 9.90 Å². The maximum Gasteiger partial charge on any atom is 0.254 e. The van der Waals surface area contributed by atoms with Crippen LogP contribution in [0.5, 0.6) is 0 Å². The van der Waals surface area contributed by atoms with Crippen molar-refractivity contribution in [2.75, 3.05) is 26.0 Å². The molecular weight excluding hydrogens is 242 g/mol. The summed E-state index contributed by atoms with van der Waals surface area (Å²) >= 11 is 5.82. The van der Waals surface area contributed by atoms with E-state index >= 15 is 0 Å². The molecule has 0 bridgehead atoms. The van der Waals surface area contributed by atoms with Gasteiger partial charge in [-0.1, -0.05) is 11.6 Å². The smallest absolute Gasteiger partial charge is 0.254 e. The number of aliphatic hydroxyl groups is 1. The number of rotatable bonds is 4. The zero-order chi connectivity index (χ0) is 13.0. The Balaban J connectivity index is 2.99. The lowest BCUT2D eigenvalue weighted by Gasteiger charge is -2.23. The predicted octanol–water partition coefficient (Wildman–Crippen LogP) is 1.23. The van der Waals surface area contributed by atoms with Gasteiger partial charge in [-0.2, -0.15) is 0 Å². The molecule has 0 saturated carbocycles. The number of aliphatic hydroxyl groups excluding tert-OH is 1. The molecule has 0 aromatic carbocycles. The van der Waals surface area contributed by atoms with Crippen LogP contribution in [0.4, 0.5) is 5.82 Å². The summed E-state index contributed by atoms with van der Waals surface area (Å²) in [5.41, 5.74) is 0.442. The second-order valence-electron chi connectivity index (χ2n) is 3.76. The third-order valence-electron chi connectivity index (χ3n) is 2.54. The van der Waals surface area contributed by atoms with Crippen LogP contribution >= 0.6 is 11.6 Å². The molecule has 94 valence electrons. The van der Waals surface area contributed by atoms with Crippen LogP contribution in [0.2, 0.25) is 5.15 Å². The van der Waals surface area contributed by atoms with Gasteiger partial charge in [-0.05, 0) is 19.1 Å². The summed E-state index contributed by atoms with van der Waals surface area (Å²) in [5, 5.41) is 12.1. The fraction of sp³-hybridized carbons (Fsp3) is 0.455. The number of carbonyl (C=O) groups excluding carboxylic acids is 1. The average Bonchev–Trinajstić information content (AvgIpc) is 2.35. The number of halogens is 1. The molecule has 0 aliphatic carbocycles. The van der Waals surface area contributed by atoms with Gasteiger partial charge in [0, 0.05) is 19.7 Å². The SMILES string of the molecule is CNc1cc(C(=O)N(C)C(C)CO)cc(Cl)n1. The fourth-order valence-corrected chi connectivity index (χ4v) is 1.48. The Morgan fingerprint density at radius 2 is 2.29 bits per heavy atom. The minimum atomic E-state index is -0.243. The van der Waals surface area contributed by atoms with E-state index in [0.717, 1.165) is 0 Å². The summed E-state index contributed by atoms with van der Waals surface area (Å²) < 4.78 is 0. The Morgan fingerprint density at radius 3 is 2.82 bits per heavy atom. The van der Waals surface area contributed by atoms with Crippen molar-refractivity contribution in [3.05, 3.63) is 22.8 Å². The molecule has 1 heterocycles. The molecule has 1 aromatic rings. The number of amides is 1. The number of nitrogens with zero attached hydrogens (tertiary/aromatic N) is 2. The minimum Gasteiger partial charge on any atom is -0.394 e. The third-order valence-corrected chi connectivity index (χ3v) is 2.74. The molecule has 1 aromatic heterocycles. The van der Waals surface area contributed by atoms with Crippen molar-refractivity contribution in [3.63, 3.8) is 0 Å².